The zero-order valence-corrected chi connectivity index (χ0v) is 18.3. The number of hydrogen-bond donors (Lipinski definition) is 2. The van der Waals surface area contributed by atoms with Crippen LogP contribution in [0.3, 0.4) is 0 Å². The van der Waals surface area contributed by atoms with E-state index in [0.717, 1.165) is 29.8 Å². The molecule has 0 fully saturated rings. The molecule has 1 amide bonds. The van der Waals surface area contributed by atoms with Crippen LogP contribution in [-0.4, -0.2) is 37.2 Å². The maximum atomic E-state index is 12.3. The first kappa shape index (κ1) is 24.9. The number of anilines is 1. The second-order valence-corrected chi connectivity index (χ2v) is 8.48. The summed E-state index contributed by atoms with van der Waals surface area (Å²) in [6.45, 7) is -0.0291. The molecule has 2 heterocycles. The van der Waals surface area contributed by atoms with E-state index >= 15 is 0 Å². The van der Waals surface area contributed by atoms with E-state index in [0.29, 0.717) is 5.75 Å². The molecule has 180 valence electrons. The van der Waals surface area contributed by atoms with Gasteiger partial charge in [0.2, 0.25) is 15.9 Å². The van der Waals surface area contributed by atoms with E-state index < -0.39 is 28.0 Å². The Bertz CT molecular complexity index is 1210. The molecule has 3 rings (SSSR count). The number of ether oxygens (including phenoxy) is 2. The third-order valence-electron chi connectivity index (χ3n) is 4.18. The van der Waals surface area contributed by atoms with Crippen molar-refractivity contribution in [1.82, 2.24) is 14.7 Å². The van der Waals surface area contributed by atoms with Crippen LogP contribution in [0.15, 0.2) is 72.0 Å². The third-order valence-corrected chi connectivity index (χ3v) is 5.66. The minimum Gasteiger partial charge on any atom is -0.485 e. The largest absolute Gasteiger partial charge is 0.573 e. The molecular weight excluding hydrogens is 477 g/mol. The van der Waals surface area contributed by atoms with Crippen LogP contribution in [0.1, 0.15) is 12.0 Å². The molecule has 2 aromatic heterocycles. The number of nitrogens with zero attached hydrogens (tertiary/aromatic N) is 2. The molecule has 0 aliphatic carbocycles. The molecule has 0 spiro atoms. The Morgan fingerprint density at radius 1 is 1.00 bits per heavy atom. The predicted octanol–water partition coefficient (Wildman–Crippen LogP) is 3.26. The fourth-order valence-electron chi connectivity index (χ4n) is 2.64. The van der Waals surface area contributed by atoms with Crippen LogP contribution in [0.4, 0.5) is 19.0 Å². The maximum absolute atomic E-state index is 12.3. The average Bonchev–Trinajstić information content (AvgIpc) is 2.78. The van der Waals surface area contributed by atoms with Crippen LogP contribution < -0.4 is 19.5 Å². The molecule has 1 aromatic carbocycles. The number of hydrogen-bond acceptors (Lipinski definition) is 7. The van der Waals surface area contributed by atoms with Crippen molar-refractivity contribution in [2.24, 2.45) is 0 Å². The smallest absolute Gasteiger partial charge is 0.485 e. The first-order valence-corrected chi connectivity index (χ1v) is 11.2. The van der Waals surface area contributed by atoms with Gasteiger partial charge in [0.15, 0.2) is 11.6 Å². The lowest BCUT2D eigenvalue weighted by Crippen LogP contribution is -2.28. The second kappa shape index (κ2) is 10.9. The van der Waals surface area contributed by atoms with Gasteiger partial charge in [0, 0.05) is 31.6 Å². The summed E-state index contributed by atoms with van der Waals surface area (Å²) in [5, 5.41) is 2.56. The Balaban J connectivity index is 1.51. The molecule has 3 aromatic rings. The lowest BCUT2D eigenvalue weighted by atomic mass is 10.3. The Kier molecular flexibility index (Phi) is 8.02. The van der Waals surface area contributed by atoms with Crippen molar-refractivity contribution < 1.29 is 35.9 Å². The van der Waals surface area contributed by atoms with E-state index in [9.17, 15) is 26.4 Å². The molecule has 0 radical (unpaired) electrons. The Morgan fingerprint density at radius 3 is 2.38 bits per heavy atom. The average molecular weight is 496 g/mol. The summed E-state index contributed by atoms with van der Waals surface area (Å²) in [6.07, 6.45) is -0.408. The number of rotatable bonds is 10. The maximum Gasteiger partial charge on any atom is 0.573 e. The number of nitrogens with one attached hydrogen (secondary N) is 2. The summed E-state index contributed by atoms with van der Waals surface area (Å²) in [6, 6.07) is 10.5. The normalized spacial score (nSPS) is 11.6. The van der Waals surface area contributed by atoms with Crippen molar-refractivity contribution >= 4 is 21.7 Å². The lowest BCUT2D eigenvalue weighted by Gasteiger charge is -2.12. The minimum absolute atomic E-state index is 0.171. The van der Waals surface area contributed by atoms with Crippen LogP contribution >= 0.6 is 0 Å². The van der Waals surface area contributed by atoms with E-state index in [-0.39, 0.29) is 30.3 Å². The van der Waals surface area contributed by atoms with Gasteiger partial charge in [0.25, 0.3) is 0 Å². The number of amides is 1. The van der Waals surface area contributed by atoms with E-state index in [1.165, 1.54) is 6.20 Å². The number of carbonyl (C=O) groups excluding carboxylic acids is 1. The molecule has 34 heavy (non-hydrogen) atoms. The fourth-order valence-corrected chi connectivity index (χ4v) is 3.67. The highest BCUT2D eigenvalue weighted by Gasteiger charge is 2.31. The standard InChI is InChI=1S/C21H19F3N4O5S/c22-21(23,24)33-16-3-5-17(6-4-16)34(30,31)27-13-9-19(29)28-20-18(2-1-10-26-20)32-14-15-7-11-25-12-8-15/h1-8,10-12,27H,9,13-14H2,(H,26,28,29). The number of carbonyl (C=O) groups is 1. The summed E-state index contributed by atoms with van der Waals surface area (Å²) in [5.41, 5.74) is 0.864. The molecule has 0 saturated carbocycles. The van der Waals surface area contributed by atoms with Gasteiger partial charge in [-0.1, -0.05) is 0 Å². The lowest BCUT2D eigenvalue weighted by molar-refractivity contribution is -0.274. The number of pyridine rings is 2. The fraction of sp³-hybridized carbons (Fsp3) is 0.190. The quantitative estimate of drug-likeness (QED) is 0.442. The Hall–Kier alpha value is -3.71. The molecule has 0 aliphatic heterocycles. The van der Waals surface area contributed by atoms with Crippen molar-refractivity contribution in [1.29, 1.82) is 0 Å². The monoisotopic (exact) mass is 496 g/mol. The van der Waals surface area contributed by atoms with E-state index in [1.807, 2.05) is 0 Å². The van der Waals surface area contributed by atoms with Gasteiger partial charge in [-0.05, 0) is 54.1 Å². The molecule has 0 unspecified atom stereocenters. The molecule has 0 atom stereocenters. The number of halogens is 3. The highest BCUT2D eigenvalue weighted by Crippen LogP contribution is 2.24. The molecular formula is C21H19F3N4O5S. The highest BCUT2D eigenvalue weighted by atomic mass is 32.2. The summed E-state index contributed by atoms with van der Waals surface area (Å²) in [5.74, 6) is -0.577. The van der Waals surface area contributed by atoms with Crippen LogP contribution in [-0.2, 0) is 21.4 Å². The van der Waals surface area contributed by atoms with Gasteiger partial charge in [-0.3, -0.25) is 9.78 Å². The van der Waals surface area contributed by atoms with Gasteiger partial charge in [-0.2, -0.15) is 0 Å². The molecule has 9 nitrogen and oxygen atoms in total. The van der Waals surface area contributed by atoms with Gasteiger partial charge >= 0.3 is 6.36 Å². The van der Waals surface area contributed by atoms with Crippen molar-refractivity contribution in [3.63, 3.8) is 0 Å². The van der Waals surface area contributed by atoms with Gasteiger partial charge in [0.05, 0.1) is 4.90 Å². The van der Waals surface area contributed by atoms with E-state index in [1.54, 1.807) is 36.7 Å². The van der Waals surface area contributed by atoms with Gasteiger partial charge < -0.3 is 14.8 Å². The third kappa shape index (κ3) is 7.71. The molecule has 2 N–H and O–H groups in total. The first-order chi connectivity index (χ1) is 16.1. The molecule has 0 saturated heterocycles. The Morgan fingerprint density at radius 2 is 1.71 bits per heavy atom. The number of aromatic nitrogens is 2. The summed E-state index contributed by atoms with van der Waals surface area (Å²) in [4.78, 5) is 20.0. The SMILES string of the molecule is O=C(CCNS(=O)(=O)c1ccc(OC(F)(F)F)cc1)Nc1ncccc1OCc1ccncc1. The van der Waals surface area contributed by atoms with E-state index in [4.69, 9.17) is 4.74 Å². The Labute approximate surface area is 193 Å². The summed E-state index contributed by atoms with van der Waals surface area (Å²) >= 11 is 0. The zero-order chi connectivity index (χ0) is 24.6. The van der Waals surface area contributed by atoms with Gasteiger partial charge in [-0.25, -0.2) is 18.1 Å². The number of alkyl halides is 3. The van der Waals surface area contributed by atoms with Crippen LogP contribution in [0.25, 0.3) is 0 Å². The summed E-state index contributed by atoms with van der Waals surface area (Å²) in [7, 11) is -4.05. The molecule has 0 bridgehead atoms. The van der Waals surface area contributed by atoms with Crippen molar-refractivity contribution in [2.45, 2.75) is 24.3 Å². The topological polar surface area (TPSA) is 120 Å². The van der Waals surface area contributed by atoms with Crippen LogP contribution in [0, 0.1) is 0 Å². The summed E-state index contributed by atoms with van der Waals surface area (Å²) < 4.78 is 72.8. The molecule has 13 heteroatoms. The van der Waals surface area contributed by atoms with Crippen LogP contribution in [0.2, 0.25) is 0 Å². The van der Waals surface area contributed by atoms with Gasteiger partial charge in [0.1, 0.15) is 12.4 Å². The van der Waals surface area contributed by atoms with E-state index in [2.05, 4.69) is 24.7 Å². The number of benzene rings is 1. The predicted molar refractivity (Wildman–Crippen MR) is 114 cm³/mol. The van der Waals surface area contributed by atoms with Crippen molar-refractivity contribution in [2.75, 3.05) is 11.9 Å². The first-order valence-electron chi connectivity index (χ1n) is 9.74. The van der Waals surface area contributed by atoms with Crippen molar-refractivity contribution in [3.05, 3.63) is 72.7 Å². The zero-order valence-electron chi connectivity index (χ0n) is 17.4. The molecule has 0 aliphatic rings. The van der Waals surface area contributed by atoms with Crippen LogP contribution in [0.5, 0.6) is 11.5 Å². The highest BCUT2D eigenvalue weighted by molar-refractivity contribution is 7.89. The second-order valence-electron chi connectivity index (χ2n) is 6.71. The number of sulfonamides is 1. The minimum atomic E-state index is -4.89. The van der Waals surface area contributed by atoms with Gasteiger partial charge in [-0.15, -0.1) is 13.2 Å². The van der Waals surface area contributed by atoms with Crippen molar-refractivity contribution in [3.8, 4) is 11.5 Å².